The largest absolute Gasteiger partial charge is 0.350 e. The molecule has 1 heterocycles. The molecule has 0 aliphatic carbocycles. The molecule has 0 atom stereocenters. The van der Waals surface area contributed by atoms with Gasteiger partial charge in [0.2, 0.25) is 5.95 Å². The molecule has 0 saturated carbocycles. The van der Waals surface area contributed by atoms with E-state index in [1.165, 1.54) is 5.56 Å². The van der Waals surface area contributed by atoms with Crippen LogP contribution in [-0.2, 0) is 6.54 Å². The van der Waals surface area contributed by atoms with Crippen LogP contribution in [0.3, 0.4) is 0 Å². The molecule has 0 aliphatic rings. The summed E-state index contributed by atoms with van der Waals surface area (Å²) in [6.07, 6.45) is 0. The van der Waals surface area contributed by atoms with Crippen molar-refractivity contribution in [2.75, 3.05) is 10.6 Å². The molecular weight excluding hydrogens is 388 g/mol. The fourth-order valence-electron chi connectivity index (χ4n) is 2.20. The van der Waals surface area contributed by atoms with Gasteiger partial charge in [-0.25, -0.2) is 4.98 Å². The van der Waals surface area contributed by atoms with Crippen LogP contribution in [0.1, 0.15) is 11.3 Å². The zero-order valence-electron chi connectivity index (χ0n) is 13.2. The van der Waals surface area contributed by atoms with Crippen molar-refractivity contribution >= 4 is 45.8 Å². The van der Waals surface area contributed by atoms with E-state index in [0.29, 0.717) is 12.5 Å². The van der Waals surface area contributed by atoms with Gasteiger partial charge in [-0.2, -0.15) is 4.98 Å². The molecular formula is C18H18BrClN4. The number of rotatable bonds is 5. The molecule has 0 fully saturated rings. The van der Waals surface area contributed by atoms with Gasteiger partial charge in [0.15, 0.2) is 0 Å². The molecule has 0 spiro atoms. The number of hydrogen-bond acceptors (Lipinski definition) is 4. The summed E-state index contributed by atoms with van der Waals surface area (Å²) >= 11 is 3.47. The maximum Gasteiger partial charge on any atom is 0.225 e. The number of hydrogen-bond donors (Lipinski definition) is 2. The molecule has 2 N–H and O–H groups in total. The van der Waals surface area contributed by atoms with Gasteiger partial charge >= 0.3 is 0 Å². The van der Waals surface area contributed by atoms with Gasteiger partial charge in [0, 0.05) is 28.5 Å². The Hall–Kier alpha value is -2.11. The van der Waals surface area contributed by atoms with Crippen molar-refractivity contribution in [1.82, 2.24) is 9.97 Å². The summed E-state index contributed by atoms with van der Waals surface area (Å²) in [6.45, 7) is 2.65. The molecule has 24 heavy (non-hydrogen) atoms. The fourth-order valence-corrected chi connectivity index (χ4v) is 2.60. The van der Waals surface area contributed by atoms with Crippen molar-refractivity contribution in [3.8, 4) is 0 Å². The predicted octanol–water partition coefficient (Wildman–Crippen LogP) is 5.33. The van der Waals surface area contributed by atoms with E-state index >= 15 is 0 Å². The highest BCUT2D eigenvalue weighted by atomic mass is 79.9. The maximum atomic E-state index is 4.52. The SMILES string of the molecule is Cc1cc(Nc2cccc(Br)c2)nc(NCc2ccccc2)n1.Cl. The third-order valence-corrected chi connectivity index (χ3v) is 3.74. The summed E-state index contributed by atoms with van der Waals surface area (Å²) in [6, 6.07) is 20.1. The van der Waals surface area contributed by atoms with Gasteiger partial charge in [0.25, 0.3) is 0 Å². The first kappa shape index (κ1) is 18.2. The van der Waals surface area contributed by atoms with Crippen LogP contribution in [0.2, 0.25) is 0 Å². The van der Waals surface area contributed by atoms with Crippen LogP contribution < -0.4 is 10.6 Å². The van der Waals surface area contributed by atoms with Crippen molar-refractivity contribution < 1.29 is 0 Å². The second-order valence-electron chi connectivity index (χ2n) is 5.19. The van der Waals surface area contributed by atoms with E-state index in [0.717, 1.165) is 21.7 Å². The minimum Gasteiger partial charge on any atom is -0.350 e. The van der Waals surface area contributed by atoms with Crippen LogP contribution in [0, 0.1) is 6.92 Å². The van der Waals surface area contributed by atoms with E-state index in [4.69, 9.17) is 0 Å². The van der Waals surface area contributed by atoms with Gasteiger partial charge in [-0.05, 0) is 30.7 Å². The predicted molar refractivity (Wildman–Crippen MR) is 105 cm³/mol. The van der Waals surface area contributed by atoms with E-state index in [1.54, 1.807) is 0 Å². The first-order valence-corrected chi connectivity index (χ1v) is 8.14. The standard InChI is InChI=1S/C18H17BrN4.ClH/c1-13-10-17(22-16-9-5-8-15(19)11-16)23-18(21-13)20-12-14-6-3-2-4-7-14;/h2-11H,12H2,1H3,(H2,20,21,22,23);1H. The normalized spacial score (nSPS) is 9.92. The summed E-state index contributed by atoms with van der Waals surface area (Å²) in [4.78, 5) is 8.96. The van der Waals surface area contributed by atoms with Crippen molar-refractivity contribution in [1.29, 1.82) is 0 Å². The van der Waals surface area contributed by atoms with Crippen molar-refractivity contribution in [2.45, 2.75) is 13.5 Å². The lowest BCUT2D eigenvalue weighted by Gasteiger charge is -2.10. The zero-order valence-corrected chi connectivity index (χ0v) is 15.6. The molecule has 0 unspecified atom stereocenters. The lowest BCUT2D eigenvalue weighted by molar-refractivity contribution is 1.03. The summed E-state index contributed by atoms with van der Waals surface area (Å²) < 4.78 is 1.02. The number of halogens is 2. The molecule has 124 valence electrons. The molecule has 0 saturated heterocycles. The van der Waals surface area contributed by atoms with E-state index in [9.17, 15) is 0 Å². The van der Waals surface area contributed by atoms with Crippen molar-refractivity contribution in [3.63, 3.8) is 0 Å². The van der Waals surface area contributed by atoms with Gasteiger partial charge in [-0.1, -0.05) is 52.3 Å². The highest BCUT2D eigenvalue weighted by molar-refractivity contribution is 9.10. The molecule has 1 aromatic heterocycles. The van der Waals surface area contributed by atoms with Gasteiger partial charge in [0.1, 0.15) is 5.82 Å². The zero-order chi connectivity index (χ0) is 16.1. The number of nitrogens with one attached hydrogen (secondary N) is 2. The summed E-state index contributed by atoms with van der Waals surface area (Å²) in [5.74, 6) is 1.39. The summed E-state index contributed by atoms with van der Waals surface area (Å²) in [5.41, 5.74) is 3.08. The molecule has 0 radical (unpaired) electrons. The topological polar surface area (TPSA) is 49.8 Å². The maximum absolute atomic E-state index is 4.52. The molecule has 3 rings (SSSR count). The molecule has 6 heteroatoms. The second kappa shape index (κ2) is 8.66. The van der Waals surface area contributed by atoms with E-state index in [-0.39, 0.29) is 12.4 Å². The smallest absolute Gasteiger partial charge is 0.225 e. The van der Waals surface area contributed by atoms with Crippen molar-refractivity contribution in [3.05, 3.63) is 76.4 Å². The third kappa shape index (κ3) is 5.22. The fraction of sp³-hybridized carbons (Fsp3) is 0.111. The second-order valence-corrected chi connectivity index (χ2v) is 6.11. The lowest BCUT2D eigenvalue weighted by Crippen LogP contribution is -2.06. The van der Waals surface area contributed by atoms with Gasteiger partial charge < -0.3 is 10.6 Å². The number of anilines is 3. The third-order valence-electron chi connectivity index (χ3n) is 3.24. The van der Waals surface area contributed by atoms with E-state index in [1.807, 2.05) is 55.5 Å². The molecule has 3 aromatic rings. The van der Waals surface area contributed by atoms with Crippen LogP contribution in [0.15, 0.2) is 65.1 Å². The van der Waals surface area contributed by atoms with Crippen LogP contribution in [0.25, 0.3) is 0 Å². The van der Waals surface area contributed by atoms with Crippen LogP contribution >= 0.6 is 28.3 Å². The summed E-state index contributed by atoms with van der Waals surface area (Å²) in [5, 5.41) is 6.57. The van der Waals surface area contributed by atoms with Crippen LogP contribution in [0.4, 0.5) is 17.5 Å². The van der Waals surface area contributed by atoms with Crippen molar-refractivity contribution in [2.24, 2.45) is 0 Å². The first-order valence-electron chi connectivity index (χ1n) is 7.35. The number of benzene rings is 2. The average molecular weight is 406 g/mol. The Bertz CT molecular complexity index is 796. The molecule has 2 aromatic carbocycles. The number of nitrogens with zero attached hydrogens (tertiary/aromatic N) is 2. The Kier molecular flexibility index (Phi) is 6.58. The number of aryl methyl sites for hydroxylation is 1. The Balaban J connectivity index is 0.00000208. The first-order chi connectivity index (χ1) is 11.2. The van der Waals surface area contributed by atoms with Gasteiger partial charge in [-0.3, -0.25) is 0 Å². The van der Waals surface area contributed by atoms with Crippen LogP contribution in [-0.4, -0.2) is 9.97 Å². The van der Waals surface area contributed by atoms with Gasteiger partial charge in [0.05, 0.1) is 0 Å². The Morgan fingerprint density at radius 1 is 0.958 bits per heavy atom. The minimum absolute atomic E-state index is 0. The molecule has 0 bridgehead atoms. The van der Waals surface area contributed by atoms with Gasteiger partial charge in [-0.15, -0.1) is 12.4 Å². The Morgan fingerprint density at radius 3 is 2.50 bits per heavy atom. The van der Waals surface area contributed by atoms with Crippen LogP contribution in [0.5, 0.6) is 0 Å². The van der Waals surface area contributed by atoms with E-state index in [2.05, 4.69) is 48.7 Å². The quantitative estimate of drug-likeness (QED) is 0.603. The average Bonchev–Trinajstić information content (AvgIpc) is 2.53. The Morgan fingerprint density at radius 2 is 1.75 bits per heavy atom. The highest BCUT2D eigenvalue weighted by Crippen LogP contribution is 2.20. The minimum atomic E-state index is 0. The molecule has 0 aliphatic heterocycles. The highest BCUT2D eigenvalue weighted by Gasteiger charge is 2.03. The monoisotopic (exact) mass is 404 g/mol. The van der Waals surface area contributed by atoms with E-state index < -0.39 is 0 Å². The summed E-state index contributed by atoms with van der Waals surface area (Å²) in [7, 11) is 0. The molecule has 4 nitrogen and oxygen atoms in total. The molecule has 0 amide bonds. The number of aromatic nitrogens is 2. The lowest BCUT2D eigenvalue weighted by atomic mass is 10.2. The Labute approximate surface area is 156 Å².